The largest absolute Gasteiger partial charge is 0.395 e. The molecular formula is C14H17NOS. The molecule has 0 aliphatic rings. The van der Waals surface area contributed by atoms with Crippen molar-refractivity contribution >= 4 is 22.5 Å². The summed E-state index contributed by atoms with van der Waals surface area (Å²) in [5, 5.41) is 14.7. The van der Waals surface area contributed by atoms with Crippen LogP contribution in [0.4, 0.5) is 0 Å². The Hall–Kier alpha value is -1.03. The number of thioether (sulfide) groups is 1. The van der Waals surface area contributed by atoms with E-state index in [0.29, 0.717) is 0 Å². The quantitative estimate of drug-likeness (QED) is 0.796. The molecule has 0 bridgehead atoms. The van der Waals surface area contributed by atoms with Gasteiger partial charge in [0.1, 0.15) is 0 Å². The Labute approximate surface area is 106 Å². The van der Waals surface area contributed by atoms with E-state index in [1.165, 1.54) is 15.7 Å². The molecule has 1 unspecified atom stereocenters. The van der Waals surface area contributed by atoms with Crippen molar-refractivity contribution in [3.05, 3.63) is 42.5 Å². The van der Waals surface area contributed by atoms with Gasteiger partial charge < -0.3 is 10.4 Å². The van der Waals surface area contributed by atoms with Crippen LogP contribution >= 0.6 is 11.8 Å². The molecule has 0 amide bonds. The Morgan fingerprint density at radius 3 is 2.65 bits per heavy atom. The number of rotatable bonds is 5. The van der Waals surface area contributed by atoms with Gasteiger partial charge in [0.2, 0.25) is 0 Å². The standard InChI is InChI=1S/C14H17NOS/c1-15-13(9-16)10-17-14-7-6-11-4-2-3-5-12(11)8-14/h2-8,13,15-16H,9-10H2,1H3. The third-order valence-corrected chi connectivity index (χ3v) is 3.96. The van der Waals surface area contributed by atoms with E-state index in [2.05, 4.69) is 47.8 Å². The molecule has 3 heteroatoms. The second-order valence-corrected chi connectivity index (χ2v) is 5.08. The monoisotopic (exact) mass is 247 g/mol. The smallest absolute Gasteiger partial charge is 0.0592 e. The van der Waals surface area contributed by atoms with Gasteiger partial charge in [-0.1, -0.05) is 30.3 Å². The van der Waals surface area contributed by atoms with E-state index in [9.17, 15) is 0 Å². The van der Waals surface area contributed by atoms with Crippen molar-refractivity contribution in [2.45, 2.75) is 10.9 Å². The minimum atomic E-state index is 0.159. The van der Waals surface area contributed by atoms with E-state index in [1.54, 1.807) is 11.8 Å². The van der Waals surface area contributed by atoms with Crippen LogP contribution in [0, 0.1) is 0 Å². The zero-order chi connectivity index (χ0) is 12.1. The highest BCUT2D eigenvalue weighted by Gasteiger charge is 2.05. The number of aliphatic hydroxyl groups is 1. The molecule has 0 aliphatic carbocycles. The predicted molar refractivity (Wildman–Crippen MR) is 74.6 cm³/mol. The first-order valence-corrected chi connectivity index (χ1v) is 6.72. The summed E-state index contributed by atoms with van der Waals surface area (Å²) in [5.41, 5.74) is 0. The van der Waals surface area contributed by atoms with Crippen molar-refractivity contribution < 1.29 is 5.11 Å². The first-order chi connectivity index (χ1) is 8.33. The van der Waals surface area contributed by atoms with E-state index in [4.69, 9.17) is 5.11 Å². The number of likely N-dealkylation sites (N-methyl/N-ethyl adjacent to an activating group) is 1. The van der Waals surface area contributed by atoms with Crippen molar-refractivity contribution in [1.29, 1.82) is 0 Å². The van der Waals surface area contributed by atoms with Crippen molar-refractivity contribution in [2.24, 2.45) is 0 Å². The summed E-state index contributed by atoms with van der Waals surface area (Å²) in [5.74, 6) is 0.880. The van der Waals surface area contributed by atoms with Crippen molar-refractivity contribution in [3.63, 3.8) is 0 Å². The van der Waals surface area contributed by atoms with Crippen LogP contribution in [0.3, 0.4) is 0 Å². The molecule has 0 heterocycles. The van der Waals surface area contributed by atoms with Crippen LogP contribution in [-0.4, -0.2) is 30.6 Å². The molecule has 90 valence electrons. The van der Waals surface area contributed by atoms with Crippen LogP contribution < -0.4 is 5.32 Å². The Morgan fingerprint density at radius 1 is 1.18 bits per heavy atom. The molecule has 1 atom stereocenters. The number of hydrogen-bond acceptors (Lipinski definition) is 3. The molecule has 0 saturated carbocycles. The lowest BCUT2D eigenvalue weighted by atomic mass is 10.1. The topological polar surface area (TPSA) is 32.3 Å². The molecule has 2 N–H and O–H groups in total. The summed E-state index contributed by atoms with van der Waals surface area (Å²) in [6.07, 6.45) is 0. The number of nitrogens with one attached hydrogen (secondary N) is 1. The molecule has 0 radical (unpaired) electrons. The van der Waals surface area contributed by atoms with Crippen molar-refractivity contribution in [3.8, 4) is 0 Å². The van der Waals surface area contributed by atoms with E-state index in [1.807, 2.05) is 7.05 Å². The number of hydrogen-bond donors (Lipinski definition) is 2. The maximum atomic E-state index is 9.10. The third-order valence-electron chi connectivity index (χ3n) is 2.80. The average Bonchev–Trinajstić information content (AvgIpc) is 2.40. The van der Waals surface area contributed by atoms with Crippen LogP contribution in [0.25, 0.3) is 10.8 Å². The molecule has 0 aromatic heterocycles. The molecular weight excluding hydrogens is 230 g/mol. The van der Waals surface area contributed by atoms with Gasteiger partial charge >= 0.3 is 0 Å². The number of aliphatic hydroxyl groups excluding tert-OH is 1. The van der Waals surface area contributed by atoms with E-state index in [-0.39, 0.29) is 12.6 Å². The SMILES string of the molecule is CNC(CO)CSc1ccc2ccccc2c1. The van der Waals surface area contributed by atoms with Gasteiger partial charge in [-0.3, -0.25) is 0 Å². The fraction of sp³-hybridized carbons (Fsp3) is 0.286. The molecule has 2 rings (SSSR count). The van der Waals surface area contributed by atoms with Crippen molar-refractivity contribution in [1.82, 2.24) is 5.32 Å². The van der Waals surface area contributed by atoms with E-state index < -0.39 is 0 Å². The fourth-order valence-electron chi connectivity index (χ4n) is 1.68. The molecule has 0 aliphatic heterocycles. The molecule has 2 aromatic rings. The summed E-state index contributed by atoms with van der Waals surface area (Å²) in [6.45, 7) is 0.178. The normalized spacial score (nSPS) is 12.8. The molecule has 2 nitrogen and oxygen atoms in total. The van der Waals surface area contributed by atoms with Crippen molar-refractivity contribution in [2.75, 3.05) is 19.4 Å². The Bertz CT molecular complexity index is 482. The molecule has 0 spiro atoms. The highest BCUT2D eigenvalue weighted by molar-refractivity contribution is 7.99. The van der Waals surface area contributed by atoms with E-state index in [0.717, 1.165) is 5.75 Å². The van der Waals surface area contributed by atoms with Gasteiger partial charge in [0.25, 0.3) is 0 Å². The minimum Gasteiger partial charge on any atom is -0.395 e. The lowest BCUT2D eigenvalue weighted by Crippen LogP contribution is -2.31. The minimum absolute atomic E-state index is 0.159. The zero-order valence-corrected chi connectivity index (χ0v) is 10.7. The highest BCUT2D eigenvalue weighted by Crippen LogP contribution is 2.23. The van der Waals surface area contributed by atoms with Gasteiger partial charge in [-0.05, 0) is 30.0 Å². The maximum Gasteiger partial charge on any atom is 0.0592 e. The molecule has 17 heavy (non-hydrogen) atoms. The molecule has 2 aromatic carbocycles. The number of fused-ring (bicyclic) bond motifs is 1. The van der Waals surface area contributed by atoms with Gasteiger partial charge in [-0.15, -0.1) is 11.8 Å². The Balaban J connectivity index is 2.09. The molecule has 0 fully saturated rings. The maximum absolute atomic E-state index is 9.10. The predicted octanol–water partition coefficient (Wildman–Crippen LogP) is 2.51. The molecule has 0 saturated heterocycles. The first kappa shape index (κ1) is 12.4. The van der Waals surface area contributed by atoms with Crippen LogP contribution in [0.15, 0.2) is 47.4 Å². The van der Waals surface area contributed by atoms with Crippen LogP contribution in [0.1, 0.15) is 0 Å². The summed E-state index contributed by atoms with van der Waals surface area (Å²) >= 11 is 1.77. The number of benzene rings is 2. The van der Waals surface area contributed by atoms with Crippen LogP contribution in [0.5, 0.6) is 0 Å². The summed E-state index contributed by atoms with van der Waals surface area (Å²) in [4.78, 5) is 1.25. The summed E-state index contributed by atoms with van der Waals surface area (Å²) in [7, 11) is 1.88. The van der Waals surface area contributed by atoms with Crippen LogP contribution in [-0.2, 0) is 0 Å². The third kappa shape index (κ3) is 3.22. The highest BCUT2D eigenvalue weighted by atomic mass is 32.2. The Kier molecular flexibility index (Phi) is 4.42. The van der Waals surface area contributed by atoms with Gasteiger partial charge in [0.05, 0.1) is 6.61 Å². The summed E-state index contributed by atoms with van der Waals surface area (Å²) < 4.78 is 0. The van der Waals surface area contributed by atoms with Gasteiger partial charge in [-0.25, -0.2) is 0 Å². The summed E-state index contributed by atoms with van der Waals surface area (Å²) in [6, 6.07) is 15.0. The zero-order valence-electron chi connectivity index (χ0n) is 9.89. The average molecular weight is 247 g/mol. The van der Waals surface area contributed by atoms with Crippen LogP contribution in [0.2, 0.25) is 0 Å². The van der Waals surface area contributed by atoms with E-state index >= 15 is 0 Å². The lowest BCUT2D eigenvalue weighted by molar-refractivity contribution is 0.260. The second kappa shape index (κ2) is 6.05. The second-order valence-electron chi connectivity index (χ2n) is 3.99. The Morgan fingerprint density at radius 2 is 1.94 bits per heavy atom. The fourth-order valence-corrected chi connectivity index (χ4v) is 2.72. The first-order valence-electron chi connectivity index (χ1n) is 5.73. The lowest BCUT2D eigenvalue weighted by Gasteiger charge is -2.12. The van der Waals surface area contributed by atoms with Gasteiger partial charge in [0, 0.05) is 16.7 Å². The van der Waals surface area contributed by atoms with Gasteiger partial charge in [0.15, 0.2) is 0 Å². The van der Waals surface area contributed by atoms with Gasteiger partial charge in [-0.2, -0.15) is 0 Å².